The van der Waals surface area contributed by atoms with Gasteiger partial charge in [-0.1, -0.05) is 24.3 Å². The van der Waals surface area contributed by atoms with Gasteiger partial charge in [-0.05, 0) is 30.9 Å². The average molecular weight is 309 g/mol. The molecule has 2 amide bonds. The summed E-state index contributed by atoms with van der Waals surface area (Å²) >= 11 is 0. The molecule has 1 aromatic heterocycles. The molecule has 118 valence electrons. The van der Waals surface area contributed by atoms with Gasteiger partial charge in [0.1, 0.15) is 5.69 Å². The van der Waals surface area contributed by atoms with Crippen LogP contribution in [0.3, 0.4) is 0 Å². The van der Waals surface area contributed by atoms with Crippen LogP contribution >= 0.6 is 0 Å². The summed E-state index contributed by atoms with van der Waals surface area (Å²) < 4.78 is 0. The van der Waals surface area contributed by atoms with E-state index in [1.54, 1.807) is 6.07 Å². The quantitative estimate of drug-likeness (QED) is 0.876. The largest absolute Gasteiger partial charge is 0.351 e. The third kappa shape index (κ3) is 2.67. The van der Waals surface area contributed by atoms with Gasteiger partial charge in [0.05, 0.1) is 11.6 Å². The van der Waals surface area contributed by atoms with Gasteiger partial charge in [-0.15, -0.1) is 0 Å². The van der Waals surface area contributed by atoms with Crippen LogP contribution in [0.4, 0.5) is 0 Å². The molecule has 0 bridgehead atoms. The first kappa shape index (κ1) is 14.2. The number of carbonyl (C=O) groups excluding carboxylic acids is 2. The monoisotopic (exact) mass is 309 g/mol. The van der Waals surface area contributed by atoms with Gasteiger partial charge in [-0.2, -0.15) is 0 Å². The van der Waals surface area contributed by atoms with E-state index in [4.69, 9.17) is 0 Å². The molecule has 2 saturated heterocycles. The van der Waals surface area contributed by atoms with Crippen LogP contribution in [0.25, 0.3) is 10.9 Å². The molecule has 0 radical (unpaired) electrons. The van der Waals surface area contributed by atoms with Crippen LogP contribution in [-0.4, -0.2) is 40.8 Å². The molecule has 0 spiro atoms. The molecule has 0 aliphatic carbocycles. The number of pyridine rings is 1. The van der Waals surface area contributed by atoms with E-state index in [1.165, 1.54) is 0 Å². The Labute approximate surface area is 134 Å². The van der Waals surface area contributed by atoms with Crippen molar-refractivity contribution in [3.63, 3.8) is 0 Å². The molecule has 0 saturated carbocycles. The molecule has 3 heterocycles. The van der Waals surface area contributed by atoms with E-state index < -0.39 is 0 Å². The van der Waals surface area contributed by atoms with Crippen LogP contribution in [0.1, 0.15) is 29.8 Å². The highest BCUT2D eigenvalue weighted by molar-refractivity contribution is 5.95. The highest BCUT2D eigenvalue weighted by Gasteiger charge is 2.37. The Morgan fingerprint density at radius 2 is 2.04 bits per heavy atom. The van der Waals surface area contributed by atoms with Crippen molar-refractivity contribution < 1.29 is 9.59 Å². The lowest BCUT2D eigenvalue weighted by atomic mass is 9.99. The summed E-state index contributed by atoms with van der Waals surface area (Å²) in [7, 11) is 0. The molecule has 4 rings (SSSR count). The number of nitrogens with one attached hydrogen (secondary N) is 1. The maximum absolute atomic E-state index is 12.8. The van der Waals surface area contributed by atoms with Gasteiger partial charge in [0, 0.05) is 24.9 Å². The number of aromatic nitrogens is 1. The molecule has 2 fully saturated rings. The second-order valence-corrected chi connectivity index (χ2v) is 6.43. The summed E-state index contributed by atoms with van der Waals surface area (Å²) in [5.41, 5.74) is 1.31. The number of hydrogen-bond acceptors (Lipinski definition) is 3. The number of hydrogen-bond donors (Lipinski definition) is 1. The van der Waals surface area contributed by atoms with Gasteiger partial charge in [-0.3, -0.25) is 9.59 Å². The Kier molecular flexibility index (Phi) is 3.48. The Morgan fingerprint density at radius 1 is 1.17 bits per heavy atom. The van der Waals surface area contributed by atoms with Gasteiger partial charge in [0.2, 0.25) is 5.91 Å². The van der Waals surface area contributed by atoms with Gasteiger partial charge in [0.25, 0.3) is 5.91 Å². The minimum absolute atomic E-state index is 0.0434. The van der Waals surface area contributed by atoms with Gasteiger partial charge in [0.15, 0.2) is 0 Å². The lowest BCUT2D eigenvalue weighted by Gasteiger charge is -2.16. The fourth-order valence-corrected chi connectivity index (χ4v) is 3.64. The predicted octanol–water partition coefficient (Wildman–Crippen LogP) is 1.98. The van der Waals surface area contributed by atoms with Crippen molar-refractivity contribution in [3.05, 3.63) is 42.1 Å². The van der Waals surface area contributed by atoms with Crippen LogP contribution in [0.5, 0.6) is 0 Å². The van der Waals surface area contributed by atoms with E-state index in [0.717, 1.165) is 23.7 Å². The molecule has 0 unspecified atom stereocenters. The zero-order valence-electron chi connectivity index (χ0n) is 12.9. The number of likely N-dealkylation sites (tertiary alicyclic amines) is 1. The predicted molar refractivity (Wildman–Crippen MR) is 86.9 cm³/mol. The summed E-state index contributed by atoms with van der Waals surface area (Å²) in [5.74, 6) is 0.430. The summed E-state index contributed by atoms with van der Waals surface area (Å²) in [6.07, 6.45) is 2.51. The minimum atomic E-state index is -0.0434. The highest BCUT2D eigenvalue weighted by Crippen LogP contribution is 2.26. The maximum atomic E-state index is 12.8. The van der Waals surface area contributed by atoms with Crippen molar-refractivity contribution in [2.45, 2.75) is 25.3 Å². The first-order valence-corrected chi connectivity index (χ1v) is 8.15. The van der Waals surface area contributed by atoms with Gasteiger partial charge < -0.3 is 10.2 Å². The first-order valence-electron chi connectivity index (χ1n) is 8.15. The summed E-state index contributed by atoms with van der Waals surface area (Å²) in [5, 5.41) is 4.08. The summed E-state index contributed by atoms with van der Waals surface area (Å²) in [6.45, 7) is 1.29. The topological polar surface area (TPSA) is 62.3 Å². The van der Waals surface area contributed by atoms with Gasteiger partial charge in [-0.25, -0.2) is 4.98 Å². The number of fused-ring (bicyclic) bond motifs is 2. The molecule has 2 aromatic rings. The van der Waals surface area contributed by atoms with E-state index in [0.29, 0.717) is 31.1 Å². The average Bonchev–Trinajstić information content (AvgIpc) is 2.88. The fraction of sp³-hybridized carbons (Fsp3) is 0.389. The molecule has 5 nitrogen and oxygen atoms in total. The molecule has 2 aliphatic heterocycles. The fourth-order valence-electron chi connectivity index (χ4n) is 3.64. The molecule has 2 atom stereocenters. The molecular weight excluding hydrogens is 290 g/mol. The second-order valence-electron chi connectivity index (χ2n) is 6.43. The Hall–Kier alpha value is -2.43. The summed E-state index contributed by atoms with van der Waals surface area (Å²) in [6, 6.07) is 11.6. The number of carbonyl (C=O) groups is 2. The number of amides is 2. The van der Waals surface area contributed by atoms with E-state index in [2.05, 4.69) is 10.3 Å². The van der Waals surface area contributed by atoms with Crippen LogP contribution < -0.4 is 5.32 Å². The van der Waals surface area contributed by atoms with Crippen molar-refractivity contribution in [2.75, 3.05) is 13.1 Å². The first-order chi connectivity index (χ1) is 11.2. The number of benzene rings is 1. The highest BCUT2D eigenvalue weighted by atomic mass is 16.2. The van der Waals surface area contributed by atoms with E-state index in [-0.39, 0.29) is 17.9 Å². The van der Waals surface area contributed by atoms with E-state index in [1.807, 2.05) is 35.2 Å². The molecule has 1 N–H and O–H groups in total. The molecule has 5 heteroatoms. The van der Waals surface area contributed by atoms with Crippen LogP contribution in [0, 0.1) is 5.92 Å². The van der Waals surface area contributed by atoms with Crippen molar-refractivity contribution in [1.29, 1.82) is 0 Å². The van der Waals surface area contributed by atoms with Crippen LogP contribution in [-0.2, 0) is 4.79 Å². The molecule has 23 heavy (non-hydrogen) atoms. The van der Waals surface area contributed by atoms with Crippen molar-refractivity contribution >= 4 is 22.7 Å². The number of nitrogens with zero attached hydrogens (tertiary/aromatic N) is 2. The molecular formula is C18H19N3O2. The van der Waals surface area contributed by atoms with Crippen LogP contribution in [0.2, 0.25) is 0 Å². The third-order valence-corrected chi connectivity index (χ3v) is 4.87. The Bertz CT molecular complexity index is 774. The SMILES string of the molecule is O=C1CCC[C@@H]2CN(C(=O)c3ccc4ccccc4n3)C[C@@H]2N1. The minimum Gasteiger partial charge on any atom is -0.351 e. The van der Waals surface area contributed by atoms with Crippen molar-refractivity contribution in [3.8, 4) is 0 Å². The Balaban J connectivity index is 1.55. The number of para-hydroxylation sites is 1. The van der Waals surface area contributed by atoms with E-state index in [9.17, 15) is 9.59 Å². The molecule has 1 aromatic carbocycles. The standard InChI is InChI=1S/C18H19N3O2/c22-17-7-3-5-13-10-21(11-16(13)20-17)18(23)15-9-8-12-4-1-2-6-14(12)19-15/h1-2,4,6,8-9,13,16H,3,5,7,10-11H2,(H,20,22)/t13-,16+/m1/s1. The summed E-state index contributed by atoms with van der Waals surface area (Å²) in [4.78, 5) is 30.8. The van der Waals surface area contributed by atoms with Crippen molar-refractivity contribution in [1.82, 2.24) is 15.2 Å². The zero-order chi connectivity index (χ0) is 15.8. The lowest BCUT2D eigenvalue weighted by molar-refractivity contribution is -0.121. The van der Waals surface area contributed by atoms with Crippen molar-refractivity contribution in [2.24, 2.45) is 5.92 Å². The van der Waals surface area contributed by atoms with E-state index >= 15 is 0 Å². The smallest absolute Gasteiger partial charge is 0.272 e. The Morgan fingerprint density at radius 3 is 2.96 bits per heavy atom. The molecule has 2 aliphatic rings. The zero-order valence-corrected chi connectivity index (χ0v) is 12.9. The lowest BCUT2D eigenvalue weighted by Crippen LogP contribution is -2.39. The van der Waals surface area contributed by atoms with Gasteiger partial charge >= 0.3 is 0 Å². The second kappa shape index (κ2) is 5.65. The van der Waals surface area contributed by atoms with Crippen LogP contribution in [0.15, 0.2) is 36.4 Å². The third-order valence-electron chi connectivity index (χ3n) is 4.87. The normalized spacial score (nSPS) is 24.2. The maximum Gasteiger partial charge on any atom is 0.272 e. The number of rotatable bonds is 1.